The number of phosphoric acid groups is 3. The molecule has 0 amide bonds. The molecule has 0 bridgehead atoms. The third-order valence-electron chi connectivity index (χ3n) is 2.85. The summed E-state index contributed by atoms with van der Waals surface area (Å²) >= 11 is 0. The molecule has 0 radical (unpaired) electrons. The zero-order valence-corrected chi connectivity index (χ0v) is 15.2. The first-order chi connectivity index (χ1) is 11.2. The molecule has 1 aliphatic heterocycles. The largest absolute Gasteiger partial charge is 0.490 e. The summed E-state index contributed by atoms with van der Waals surface area (Å²) in [5.74, 6) is 0. The molecular formula is C7H16N3O12P3. The molecule has 0 saturated carbocycles. The van der Waals surface area contributed by atoms with E-state index in [1.54, 1.807) is 6.92 Å². The summed E-state index contributed by atoms with van der Waals surface area (Å²) in [6.45, 7) is 0.301. The van der Waals surface area contributed by atoms with Crippen LogP contribution in [0.1, 0.15) is 13.3 Å². The summed E-state index contributed by atoms with van der Waals surface area (Å²) in [5.41, 5.74) is 6.58. The monoisotopic (exact) mass is 427 g/mol. The molecule has 1 heterocycles. The number of nitrogens with zero attached hydrogens (tertiary/aromatic N) is 3. The second-order valence-electron chi connectivity index (χ2n) is 5.02. The van der Waals surface area contributed by atoms with E-state index >= 15 is 0 Å². The van der Waals surface area contributed by atoms with Crippen LogP contribution in [0.15, 0.2) is 5.11 Å². The Labute approximate surface area is 140 Å². The second-order valence-corrected chi connectivity index (χ2v) is 9.44. The van der Waals surface area contributed by atoms with Gasteiger partial charge in [0, 0.05) is 11.3 Å². The molecule has 146 valence electrons. The molecule has 0 aliphatic carbocycles. The number of azide groups is 1. The lowest BCUT2D eigenvalue weighted by Gasteiger charge is -2.27. The van der Waals surface area contributed by atoms with Gasteiger partial charge in [-0.2, -0.15) is 8.62 Å². The van der Waals surface area contributed by atoms with E-state index < -0.39 is 54.4 Å². The zero-order chi connectivity index (χ0) is 19.5. The van der Waals surface area contributed by atoms with Crippen molar-refractivity contribution in [2.45, 2.75) is 31.2 Å². The predicted octanol–water partition coefficient (Wildman–Crippen LogP) is 0.548. The van der Waals surface area contributed by atoms with Crippen molar-refractivity contribution in [3.8, 4) is 0 Å². The van der Waals surface area contributed by atoms with Crippen molar-refractivity contribution in [1.29, 1.82) is 0 Å². The summed E-state index contributed by atoms with van der Waals surface area (Å²) in [6.07, 6.45) is -1.76. The van der Waals surface area contributed by atoms with Gasteiger partial charge in [0.1, 0.15) is 11.7 Å². The van der Waals surface area contributed by atoms with E-state index in [0.717, 1.165) is 0 Å². The van der Waals surface area contributed by atoms with Gasteiger partial charge in [0.05, 0.1) is 19.3 Å². The lowest BCUT2D eigenvalue weighted by atomic mass is 9.94. The predicted molar refractivity (Wildman–Crippen MR) is 77.7 cm³/mol. The third-order valence-corrected chi connectivity index (χ3v) is 6.65. The van der Waals surface area contributed by atoms with E-state index in [1.165, 1.54) is 0 Å². The Bertz CT molecular complexity index is 675. The Balaban J connectivity index is 2.74. The number of phosphoric ester groups is 1. The van der Waals surface area contributed by atoms with E-state index in [9.17, 15) is 23.7 Å². The number of ether oxygens (including phenoxy) is 1. The second kappa shape index (κ2) is 8.12. The summed E-state index contributed by atoms with van der Waals surface area (Å²) in [6, 6.07) is 0. The lowest BCUT2D eigenvalue weighted by molar-refractivity contribution is -0.0632. The molecule has 0 aromatic carbocycles. The lowest BCUT2D eigenvalue weighted by Crippen LogP contribution is -2.43. The minimum atomic E-state index is -5.63. The zero-order valence-electron chi connectivity index (χ0n) is 12.6. The van der Waals surface area contributed by atoms with Gasteiger partial charge in [0.25, 0.3) is 0 Å². The Morgan fingerprint density at radius 2 is 1.84 bits per heavy atom. The molecule has 0 aromatic rings. The average Bonchev–Trinajstić information content (AvgIpc) is 2.65. The fraction of sp³-hybridized carbons (Fsp3) is 1.00. The number of rotatable bonds is 9. The number of hydrogen-bond acceptors (Lipinski definition) is 9. The molecule has 1 rings (SSSR count). The van der Waals surface area contributed by atoms with Crippen molar-refractivity contribution in [3.05, 3.63) is 10.4 Å². The van der Waals surface area contributed by atoms with Gasteiger partial charge in [-0.1, -0.05) is 5.11 Å². The molecule has 5 atom stereocenters. The van der Waals surface area contributed by atoms with Crippen LogP contribution in [0.25, 0.3) is 10.4 Å². The van der Waals surface area contributed by atoms with Crippen LogP contribution in [-0.4, -0.2) is 55.6 Å². The van der Waals surface area contributed by atoms with Gasteiger partial charge in [0.2, 0.25) is 0 Å². The Morgan fingerprint density at radius 3 is 2.36 bits per heavy atom. The fourth-order valence-electron chi connectivity index (χ4n) is 2.06. The van der Waals surface area contributed by atoms with E-state index in [0.29, 0.717) is 0 Å². The highest BCUT2D eigenvalue weighted by atomic mass is 31.3. The molecule has 0 spiro atoms. The highest BCUT2D eigenvalue weighted by molar-refractivity contribution is 7.66. The minimum Gasteiger partial charge on any atom is -0.387 e. The van der Waals surface area contributed by atoms with Crippen molar-refractivity contribution >= 4 is 23.5 Å². The molecule has 5 N–H and O–H groups in total. The number of aliphatic hydroxyl groups is 1. The van der Waals surface area contributed by atoms with Crippen LogP contribution in [0.2, 0.25) is 0 Å². The van der Waals surface area contributed by atoms with Crippen LogP contribution in [0.5, 0.6) is 0 Å². The molecular weight excluding hydrogens is 411 g/mol. The first-order valence-corrected chi connectivity index (χ1v) is 10.9. The average molecular weight is 427 g/mol. The van der Waals surface area contributed by atoms with Crippen molar-refractivity contribution in [3.63, 3.8) is 0 Å². The third kappa shape index (κ3) is 7.81. The minimum absolute atomic E-state index is 0.0104. The van der Waals surface area contributed by atoms with Gasteiger partial charge >= 0.3 is 23.5 Å². The van der Waals surface area contributed by atoms with Crippen LogP contribution in [-0.2, 0) is 31.6 Å². The molecule has 18 heteroatoms. The smallest absolute Gasteiger partial charge is 0.387 e. The summed E-state index contributed by atoms with van der Waals surface area (Å²) in [5, 5.41) is 13.5. The molecule has 0 aromatic heterocycles. The highest BCUT2D eigenvalue weighted by Crippen LogP contribution is 2.66. The summed E-state index contributed by atoms with van der Waals surface area (Å²) in [7, 11) is -16.5. The van der Waals surface area contributed by atoms with Gasteiger partial charge in [-0.25, -0.2) is 13.7 Å². The van der Waals surface area contributed by atoms with Crippen LogP contribution in [0.4, 0.5) is 0 Å². The van der Waals surface area contributed by atoms with Gasteiger partial charge in [-0.3, -0.25) is 4.52 Å². The van der Waals surface area contributed by atoms with Crippen LogP contribution >= 0.6 is 23.5 Å². The molecule has 1 saturated heterocycles. The van der Waals surface area contributed by atoms with E-state index in [1.807, 2.05) is 0 Å². The maximum absolute atomic E-state index is 11.6. The molecule has 1 fully saturated rings. The Morgan fingerprint density at radius 1 is 1.24 bits per heavy atom. The first-order valence-electron chi connectivity index (χ1n) is 6.35. The Hall–Kier alpha value is -0.360. The standard InChI is InChI=1S/C7H16N3O12P3/c1-5-2-7(11,4-9-10-8)6(20-5)3-19-24(15,16)22-25(17,18)21-23(12,13)14/h5-6,11H,2-4H2,1H3,(H,15,16)(H,17,18)(H2,12,13,14)/t5-,6+,7?/m0/s1. The summed E-state index contributed by atoms with van der Waals surface area (Å²) < 4.78 is 50.0. The van der Waals surface area contributed by atoms with Gasteiger partial charge in [-0.15, -0.1) is 0 Å². The fourth-order valence-corrected chi connectivity index (χ4v) is 5.08. The van der Waals surface area contributed by atoms with Crippen molar-refractivity contribution in [2.24, 2.45) is 5.11 Å². The quantitative estimate of drug-likeness (QED) is 0.147. The van der Waals surface area contributed by atoms with E-state index in [4.69, 9.17) is 24.9 Å². The van der Waals surface area contributed by atoms with E-state index in [2.05, 4.69) is 23.2 Å². The van der Waals surface area contributed by atoms with Crippen molar-refractivity contribution in [1.82, 2.24) is 0 Å². The maximum Gasteiger partial charge on any atom is 0.490 e. The van der Waals surface area contributed by atoms with Crippen LogP contribution in [0, 0.1) is 0 Å². The van der Waals surface area contributed by atoms with Gasteiger partial charge < -0.3 is 29.4 Å². The molecule has 25 heavy (non-hydrogen) atoms. The molecule has 15 nitrogen and oxygen atoms in total. The SMILES string of the molecule is C[C@H]1CC(O)(CN=[N+]=[N-])[C@@H](COP(=O)(O)OP(=O)(O)OP(=O)(O)O)O1. The van der Waals surface area contributed by atoms with Crippen molar-refractivity contribution < 1.29 is 56.3 Å². The van der Waals surface area contributed by atoms with Gasteiger partial charge in [0.15, 0.2) is 0 Å². The van der Waals surface area contributed by atoms with Crippen LogP contribution < -0.4 is 0 Å². The highest BCUT2D eigenvalue weighted by Gasteiger charge is 2.47. The topological polar surface area (TPSA) is 238 Å². The van der Waals surface area contributed by atoms with E-state index in [-0.39, 0.29) is 6.42 Å². The number of hydrogen-bond donors (Lipinski definition) is 5. The van der Waals surface area contributed by atoms with Gasteiger partial charge in [-0.05, 0) is 12.5 Å². The molecule has 3 unspecified atom stereocenters. The van der Waals surface area contributed by atoms with Crippen LogP contribution in [0.3, 0.4) is 0 Å². The summed E-state index contributed by atoms with van der Waals surface area (Å²) in [4.78, 5) is 37.6. The molecule has 1 aliphatic rings. The Kier molecular flexibility index (Phi) is 7.36. The maximum atomic E-state index is 11.6. The van der Waals surface area contributed by atoms with Crippen molar-refractivity contribution in [2.75, 3.05) is 13.2 Å². The first kappa shape index (κ1) is 22.7. The normalized spacial score (nSPS) is 31.8.